The first-order chi connectivity index (χ1) is 7.81. The molecule has 0 amide bonds. The van der Waals surface area contributed by atoms with Crippen molar-refractivity contribution in [3.8, 4) is 0 Å². The monoisotopic (exact) mass is 224 g/mol. The van der Waals surface area contributed by atoms with E-state index in [-0.39, 0.29) is 0 Å². The molecular weight excluding hydrogens is 204 g/mol. The molecule has 0 bridgehead atoms. The molecule has 1 aliphatic heterocycles. The zero-order valence-corrected chi connectivity index (χ0v) is 10.1. The summed E-state index contributed by atoms with van der Waals surface area (Å²) >= 11 is 0. The zero-order valence-electron chi connectivity index (χ0n) is 10.1. The number of rotatable bonds is 6. The van der Waals surface area contributed by atoms with E-state index in [0.717, 1.165) is 38.4 Å². The van der Waals surface area contributed by atoms with Crippen LogP contribution >= 0.6 is 0 Å². The lowest BCUT2D eigenvalue weighted by molar-refractivity contribution is 0.166. The lowest BCUT2D eigenvalue weighted by Crippen LogP contribution is -2.55. The van der Waals surface area contributed by atoms with Crippen LogP contribution in [0.25, 0.3) is 0 Å². The molecule has 6 nitrogen and oxygen atoms in total. The summed E-state index contributed by atoms with van der Waals surface area (Å²) in [5.74, 6) is 0.975. The van der Waals surface area contributed by atoms with Crippen molar-refractivity contribution in [2.45, 2.75) is 38.9 Å². The van der Waals surface area contributed by atoms with E-state index >= 15 is 0 Å². The molecule has 6 heteroatoms. The van der Waals surface area contributed by atoms with E-state index in [1.165, 1.54) is 6.42 Å². The molecule has 1 aliphatic rings. The van der Waals surface area contributed by atoms with Gasteiger partial charge in [-0.15, -0.1) is 5.10 Å². The third-order valence-corrected chi connectivity index (χ3v) is 3.10. The number of likely N-dealkylation sites (N-methyl/N-ethyl adjacent to an activating group) is 1. The number of aromatic nitrogens is 4. The predicted molar refractivity (Wildman–Crippen MR) is 60.8 cm³/mol. The van der Waals surface area contributed by atoms with Crippen LogP contribution in [0.15, 0.2) is 0 Å². The summed E-state index contributed by atoms with van der Waals surface area (Å²) in [4.78, 5) is 2.31. The molecule has 0 radical (unpaired) electrons. The minimum atomic E-state index is 0.635. The van der Waals surface area contributed by atoms with E-state index in [9.17, 15) is 0 Å². The second-order valence-electron chi connectivity index (χ2n) is 4.40. The SMILES string of the molecule is CCCCn1nnnc1CN(C)C1CNC1. The first-order valence-corrected chi connectivity index (χ1v) is 5.97. The Morgan fingerprint density at radius 3 is 2.94 bits per heavy atom. The van der Waals surface area contributed by atoms with Crippen molar-refractivity contribution in [3.63, 3.8) is 0 Å². The third-order valence-electron chi connectivity index (χ3n) is 3.10. The zero-order chi connectivity index (χ0) is 11.4. The van der Waals surface area contributed by atoms with Crippen LogP contribution in [0.1, 0.15) is 25.6 Å². The molecule has 16 heavy (non-hydrogen) atoms. The van der Waals surface area contributed by atoms with Gasteiger partial charge < -0.3 is 5.32 Å². The smallest absolute Gasteiger partial charge is 0.165 e. The maximum absolute atomic E-state index is 4.09. The van der Waals surface area contributed by atoms with Crippen LogP contribution in [0.3, 0.4) is 0 Å². The highest BCUT2D eigenvalue weighted by Gasteiger charge is 2.22. The van der Waals surface area contributed by atoms with Gasteiger partial charge in [0, 0.05) is 25.7 Å². The van der Waals surface area contributed by atoms with Crippen molar-refractivity contribution in [1.29, 1.82) is 0 Å². The van der Waals surface area contributed by atoms with Crippen LogP contribution < -0.4 is 5.32 Å². The molecule has 1 saturated heterocycles. The topological polar surface area (TPSA) is 58.9 Å². The van der Waals surface area contributed by atoms with Gasteiger partial charge in [-0.2, -0.15) is 0 Å². The highest BCUT2D eigenvalue weighted by Crippen LogP contribution is 2.07. The van der Waals surface area contributed by atoms with Crippen molar-refractivity contribution in [3.05, 3.63) is 5.82 Å². The molecule has 0 saturated carbocycles. The van der Waals surface area contributed by atoms with Gasteiger partial charge in [-0.25, -0.2) is 4.68 Å². The van der Waals surface area contributed by atoms with Crippen LogP contribution in [0.4, 0.5) is 0 Å². The van der Waals surface area contributed by atoms with Crippen molar-refractivity contribution >= 4 is 0 Å². The molecule has 2 heterocycles. The Bertz CT molecular complexity index is 319. The third kappa shape index (κ3) is 2.56. The van der Waals surface area contributed by atoms with Crippen LogP contribution in [0.5, 0.6) is 0 Å². The van der Waals surface area contributed by atoms with Crippen molar-refractivity contribution in [2.75, 3.05) is 20.1 Å². The molecule has 1 aromatic heterocycles. The molecule has 0 spiro atoms. The molecule has 90 valence electrons. The second-order valence-corrected chi connectivity index (χ2v) is 4.40. The molecular formula is C10H20N6. The Hall–Kier alpha value is -1.01. The summed E-state index contributed by atoms with van der Waals surface area (Å²) in [5, 5.41) is 15.1. The second kappa shape index (κ2) is 5.36. The fourth-order valence-corrected chi connectivity index (χ4v) is 1.76. The van der Waals surface area contributed by atoms with Crippen LogP contribution in [-0.2, 0) is 13.1 Å². The van der Waals surface area contributed by atoms with E-state index in [1.807, 2.05) is 4.68 Å². The minimum absolute atomic E-state index is 0.635. The highest BCUT2D eigenvalue weighted by atomic mass is 15.5. The van der Waals surface area contributed by atoms with Crippen LogP contribution in [0.2, 0.25) is 0 Å². The number of tetrazole rings is 1. The number of aryl methyl sites for hydroxylation is 1. The normalized spacial score (nSPS) is 16.7. The molecule has 1 aromatic rings. The Morgan fingerprint density at radius 2 is 2.31 bits per heavy atom. The van der Waals surface area contributed by atoms with Gasteiger partial charge in [-0.1, -0.05) is 13.3 Å². The van der Waals surface area contributed by atoms with Crippen molar-refractivity contribution < 1.29 is 0 Å². The van der Waals surface area contributed by atoms with Gasteiger partial charge in [-0.05, 0) is 23.9 Å². The maximum Gasteiger partial charge on any atom is 0.165 e. The minimum Gasteiger partial charge on any atom is -0.314 e. The maximum atomic E-state index is 4.09. The Balaban J connectivity index is 1.89. The van der Waals surface area contributed by atoms with Gasteiger partial charge in [0.05, 0.1) is 6.54 Å². The number of hydrogen-bond donors (Lipinski definition) is 1. The van der Waals surface area contributed by atoms with Crippen molar-refractivity contribution in [1.82, 2.24) is 30.4 Å². The van der Waals surface area contributed by atoms with E-state index in [4.69, 9.17) is 0 Å². The highest BCUT2D eigenvalue weighted by molar-refractivity contribution is 4.87. The first kappa shape index (κ1) is 11.5. The largest absolute Gasteiger partial charge is 0.314 e. The average molecular weight is 224 g/mol. The quantitative estimate of drug-likeness (QED) is 0.730. The van der Waals surface area contributed by atoms with Gasteiger partial charge in [-0.3, -0.25) is 4.90 Å². The van der Waals surface area contributed by atoms with Gasteiger partial charge in [0.2, 0.25) is 0 Å². The standard InChI is InChI=1S/C10H20N6/c1-3-4-5-16-10(12-13-14-16)8-15(2)9-6-11-7-9/h9,11H,3-8H2,1-2H3. The fraction of sp³-hybridized carbons (Fsp3) is 0.900. The molecule has 0 aromatic carbocycles. The molecule has 0 unspecified atom stereocenters. The summed E-state index contributed by atoms with van der Waals surface area (Å²) in [6.07, 6.45) is 2.30. The summed E-state index contributed by atoms with van der Waals surface area (Å²) in [7, 11) is 2.13. The number of unbranched alkanes of at least 4 members (excludes halogenated alkanes) is 1. The fourth-order valence-electron chi connectivity index (χ4n) is 1.76. The van der Waals surface area contributed by atoms with Crippen LogP contribution in [-0.4, -0.2) is 51.3 Å². The first-order valence-electron chi connectivity index (χ1n) is 5.97. The van der Waals surface area contributed by atoms with E-state index in [1.54, 1.807) is 0 Å². The predicted octanol–water partition coefficient (Wildman–Crippen LogP) is -0.123. The summed E-state index contributed by atoms with van der Waals surface area (Å²) < 4.78 is 1.92. The summed E-state index contributed by atoms with van der Waals surface area (Å²) in [6, 6.07) is 0.635. The van der Waals surface area contributed by atoms with Gasteiger partial charge >= 0.3 is 0 Å². The lowest BCUT2D eigenvalue weighted by atomic mass is 10.1. The molecule has 0 atom stereocenters. The number of nitrogens with one attached hydrogen (secondary N) is 1. The molecule has 1 N–H and O–H groups in total. The number of hydrogen-bond acceptors (Lipinski definition) is 5. The van der Waals surface area contributed by atoms with Gasteiger partial charge in [0.1, 0.15) is 0 Å². The Kier molecular flexibility index (Phi) is 3.84. The van der Waals surface area contributed by atoms with E-state index < -0.39 is 0 Å². The summed E-state index contributed by atoms with van der Waals surface area (Å²) in [5.41, 5.74) is 0. The Morgan fingerprint density at radius 1 is 1.50 bits per heavy atom. The molecule has 1 fully saturated rings. The number of nitrogens with zero attached hydrogens (tertiary/aromatic N) is 5. The van der Waals surface area contributed by atoms with Crippen molar-refractivity contribution in [2.24, 2.45) is 0 Å². The van der Waals surface area contributed by atoms with E-state index in [2.05, 4.69) is 39.7 Å². The van der Waals surface area contributed by atoms with E-state index in [0.29, 0.717) is 6.04 Å². The Labute approximate surface area is 96.0 Å². The molecule has 0 aliphatic carbocycles. The molecule has 2 rings (SSSR count). The summed E-state index contributed by atoms with van der Waals surface area (Å²) in [6.45, 7) is 6.09. The lowest BCUT2D eigenvalue weighted by Gasteiger charge is -2.35. The van der Waals surface area contributed by atoms with Gasteiger partial charge in [0.15, 0.2) is 5.82 Å². The average Bonchev–Trinajstić information content (AvgIpc) is 2.59. The van der Waals surface area contributed by atoms with Gasteiger partial charge in [0.25, 0.3) is 0 Å². The van der Waals surface area contributed by atoms with Crippen LogP contribution in [0, 0.1) is 0 Å².